The van der Waals surface area contributed by atoms with Crippen LogP contribution in [0.5, 0.6) is 5.75 Å². The van der Waals surface area contributed by atoms with Gasteiger partial charge in [-0.2, -0.15) is 0 Å². The van der Waals surface area contributed by atoms with E-state index in [-0.39, 0.29) is 27.9 Å². The number of benzene rings is 2. The van der Waals surface area contributed by atoms with Crippen LogP contribution < -0.4 is 9.64 Å². The largest absolute Gasteiger partial charge is 0.507 e. The van der Waals surface area contributed by atoms with Gasteiger partial charge in [0.15, 0.2) is 5.13 Å². The summed E-state index contributed by atoms with van der Waals surface area (Å²) in [5, 5.41) is 11.9. The molecule has 0 aliphatic carbocycles. The van der Waals surface area contributed by atoms with Crippen molar-refractivity contribution in [3.8, 4) is 5.75 Å². The van der Waals surface area contributed by atoms with Crippen molar-refractivity contribution in [1.82, 2.24) is 4.98 Å². The molecule has 1 N–H and O–H groups in total. The van der Waals surface area contributed by atoms with Crippen LogP contribution in [0.25, 0.3) is 5.76 Å². The van der Waals surface area contributed by atoms with Gasteiger partial charge < -0.3 is 14.6 Å². The van der Waals surface area contributed by atoms with Crippen LogP contribution in [0.1, 0.15) is 51.9 Å². The maximum Gasteiger partial charge on any atom is 0.350 e. The predicted octanol–water partition coefficient (Wildman–Crippen LogP) is 5.62. The fraction of sp³-hybridized carbons (Fsp3) is 0.259. The van der Waals surface area contributed by atoms with Gasteiger partial charge in [-0.05, 0) is 69.2 Å². The molecule has 3 aromatic rings. The Bertz CT molecular complexity index is 1430. The summed E-state index contributed by atoms with van der Waals surface area (Å²) < 4.78 is 10.7. The number of amides is 1. The van der Waals surface area contributed by atoms with Gasteiger partial charge in [0.05, 0.1) is 30.5 Å². The van der Waals surface area contributed by atoms with Crippen LogP contribution in [0.4, 0.5) is 5.13 Å². The zero-order chi connectivity index (χ0) is 26.9. The first-order chi connectivity index (χ1) is 17.7. The molecule has 4 rings (SSSR count). The van der Waals surface area contributed by atoms with Crippen LogP contribution in [0.15, 0.2) is 48.0 Å². The van der Waals surface area contributed by atoms with Gasteiger partial charge in [-0.3, -0.25) is 14.5 Å². The molecule has 0 saturated carbocycles. The SMILES string of the molecule is CCOC(=O)c1sc(N2C(=O)C(=O)C(=C(O)c3ccc(OCC)c(C)c3)[C@@H]2c2cccc(Cl)c2)nc1C. The summed E-state index contributed by atoms with van der Waals surface area (Å²) in [5.41, 5.74) is 1.87. The van der Waals surface area contributed by atoms with E-state index in [1.54, 1.807) is 56.3 Å². The van der Waals surface area contributed by atoms with Gasteiger partial charge in [-0.15, -0.1) is 0 Å². The summed E-state index contributed by atoms with van der Waals surface area (Å²) >= 11 is 7.20. The number of carbonyl (C=O) groups excluding carboxylic acids is 3. The van der Waals surface area contributed by atoms with Gasteiger partial charge in [0.25, 0.3) is 5.78 Å². The number of aliphatic hydroxyl groups is 1. The Morgan fingerprint density at radius 3 is 2.54 bits per heavy atom. The number of carbonyl (C=O) groups is 3. The third-order valence-corrected chi connectivity index (χ3v) is 7.18. The minimum Gasteiger partial charge on any atom is -0.507 e. The monoisotopic (exact) mass is 540 g/mol. The number of hydrogen-bond acceptors (Lipinski definition) is 8. The molecule has 0 unspecified atom stereocenters. The average molecular weight is 541 g/mol. The number of esters is 1. The topological polar surface area (TPSA) is 106 Å². The average Bonchev–Trinajstić information content (AvgIpc) is 3.37. The van der Waals surface area contributed by atoms with Crippen LogP contribution in [0.3, 0.4) is 0 Å². The number of ether oxygens (including phenoxy) is 2. The van der Waals surface area contributed by atoms with Crippen LogP contribution in [0, 0.1) is 13.8 Å². The van der Waals surface area contributed by atoms with Gasteiger partial charge in [-0.25, -0.2) is 9.78 Å². The Morgan fingerprint density at radius 2 is 1.89 bits per heavy atom. The lowest BCUT2D eigenvalue weighted by Crippen LogP contribution is -2.29. The first kappa shape index (κ1) is 26.4. The van der Waals surface area contributed by atoms with Crippen LogP contribution >= 0.6 is 22.9 Å². The van der Waals surface area contributed by atoms with Crippen molar-refractivity contribution in [2.24, 2.45) is 0 Å². The standard InChI is InChI=1S/C27H25ClN2O6S/c1-5-35-19-11-10-17(12-14(19)3)22(31)20-21(16-8-7-9-18(28)13-16)30(25(33)23(20)32)27-29-15(4)24(37-27)26(34)36-6-2/h7-13,21,31H,5-6H2,1-4H3/t21-/m0/s1. The Morgan fingerprint density at radius 1 is 1.14 bits per heavy atom. The normalized spacial score (nSPS) is 16.8. The number of aromatic nitrogens is 1. The molecule has 1 fully saturated rings. The lowest BCUT2D eigenvalue weighted by atomic mass is 9.95. The number of thiazole rings is 1. The second kappa shape index (κ2) is 10.7. The lowest BCUT2D eigenvalue weighted by Gasteiger charge is -2.23. The number of Topliss-reactive ketones (excluding diaryl/α,β-unsaturated/α-hetero) is 1. The summed E-state index contributed by atoms with van der Waals surface area (Å²) in [5.74, 6) is -2.01. The molecule has 192 valence electrons. The van der Waals surface area contributed by atoms with Gasteiger partial charge in [0.1, 0.15) is 16.4 Å². The Kier molecular flexibility index (Phi) is 7.65. The molecule has 1 saturated heterocycles. The second-order valence-corrected chi connectivity index (χ2v) is 9.68. The molecule has 2 heterocycles. The predicted molar refractivity (Wildman–Crippen MR) is 141 cm³/mol. The number of halogens is 1. The Balaban J connectivity index is 1.90. The van der Waals surface area contributed by atoms with Gasteiger partial charge in [-0.1, -0.05) is 35.1 Å². The maximum absolute atomic E-state index is 13.4. The van der Waals surface area contributed by atoms with Crippen LogP contribution in [-0.2, 0) is 14.3 Å². The first-order valence-electron chi connectivity index (χ1n) is 11.6. The third kappa shape index (κ3) is 4.97. The molecular weight excluding hydrogens is 516 g/mol. The number of hydrogen-bond donors (Lipinski definition) is 1. The first-order valence-corrected chi connectivity index (χ1v) is 12.8. The van der Waals surface area contributed by atoms with Crippen molar-refractivity contribution in [1.29, 1.82) is 0 Å². The number of ketones is 1. The highest BCUT2D eigenvalue weighted by Crippen LogP contribution is 2.44. The summed E-state index contributed by atoms with van der Waals surface area (Å²) in [4.78, 5) is 45.0. The van der Waals surface area contributed by atoms with Gasteiger partial charge >= 0.3 is 11.9 Å². The zero-order valence-electron chi connectivity index (χ0n) is 20.7. The molecular formula is C27H25ClN2O6S. The third-order valence-electron chi connectivity index (χ3n) is 5.81. The molecule has 1 aliphatic rings. The van der Waals surface area contributed by atoms with E-state index in [4.69, 9.17) is 21.1 Å². The van der Waals surface area contributed by atoms with Gasteiger partial charge in [0.2, 0.25) is 0 Å². The van der Waals surface area contributed by atoms with E-state index in [1.807, 2.05) is 13.8 Å². The van der Waals surface area contributed by atoms with Crippen molar-refractivity contribution >= 4 is 51.5 Å². The highest BCUT2D eigenvalue weighted by molar-refractivity contribution is 7.17. The van der Waals surface area contributed by atoms with E-state index in [0.29, 0.717) is 34.2 Å². The smallest absolute Gasteiger partial charge is 0.350 e. The maximum atomic E-state index is 13.4. The molecule has 1 amide bonds. The Hall–Kier alpha value is -3.69. The van der Waals surface area contributed by atoms with Crippen molar-refractivity contribution < 1.29 is 29.0 Å². The highest BCUT2D eigenvalue weighted by atomic mass is 35.5. The van der Waals surface area contributed by atoms with E-state index in [1.165, 1.54) is 4.90 Å². The molecule has 1 aromatic heterocycles. The summed E-state index contributed by atoms with van der Waals surface area (Å²) in [6, 6.07) is 10.7. The highest BCUT2D eigenvalue weighted by Gasteiger charge is 2.48. The molecule has 8 nitrogen and oxygen atoms in total. The van der Waals surface area contributed by atoms with E-state index >= 15 is 0 Å². The molecule has 37 heavy (non-hydrogen) atoms. The number of aliphatic hydroxyl groups excluding tert-OH is 1. The molecule has 1 aliphatic heterocycles. The van der Waals surface area contributed by atoms with Crippen molar-refractivity contribution in [3.05, 3.63) is 80.3 Å². The minimum absolute atomic E-state index is 0.110. The summed E-state index contributed by atoms with van der Waals surface area (Å²) in [6.45, 7) is 7.67. The molecule has 0 bridgehead atoms. The van der Waals surface area contributed by atoms with Crippen molar-refractivity contribution in [2.75, 3.05) is 18.1 Å². The van der Waals surface area contributed by atoms with Crippen LogP contribution in [-0.4, -0.2) is 41.0 Å². The number of anilines is 1. The number of nitrogens with zero attached hydrogens (tertiary/aromatic N) is 2. The van der Waals surface area contributed by atoms with Gasteiger partial charge in [0, 0.05) is 10.6 Å². The van der Waals surface area contributed by atoms with E-state index in [9.17, 15) is 19.5 Å². The second-order valence-electron chi connectivity index (χ2n) is 8.27. The van der Waals surface area contributed by atoms with Crippen molar-refractivity contribution in [2.45, 2.75) is 33.7 Å². The summed E-state index contributed by atoms with van der Waals surface area (Å²) in [7, 11) is 0. The van der Waals surface area contributed by atoms with E-state index < -0.39 is 23.7 Å². The minimum atomic E-state index is -1.02. The van der Waals surface area contributed by atoms with E-state index in [0.717, 1.165) is 16.9 Å². The zero-order valence-corrected chi connectivity index (χ0v) is 22.3. The molecule has 10 heteroatoms. The van der Waals surface area contributed by atoms with Crippen molar-refractivity contribution in [3.63, 3.8) is 0 Å². The Labute approximate surface area is 223 Å². The molecule has 2 aromatic carbocycles. The summed E-state index contributed by atoms with van der Waals surface area (Å²) in [6.07, 6.45) is 0. The van der Waals surface area contributed by atoms with E-state index in [2.05, 4.69) is 4.98 Å². The quantitative estimate of drug-likeness (QED) is 0.179. The molecule has 0 radical (unpaired) electrons. The molecule has 1 atom stereocenters. The number of rotatable bonds is 7. The van der Waals surface area contributed by atoms with Crippen LogP contribution in [0.2, 0.25) is 5.02 Å². The fourth-order valence-corrected chi connectivity index (χ4v) is 5.35. The molecule has 0 spiro atoms. The number of aryl methyl sites for hydroxylation is 2. The fourth-order valence-electron chi connectivity index (χ4n) is 4.16. The lowest BCUT2D eigenvalue weighted by molar-refractivity contribution is -0.132.